The van der Waals surface area contributed by atoms with Gasteiger partial charge in [-0.05, 0) is 70.3 Å². The molecular formula is C23H35N3SSi. The Balaban J connectivity index is 2.40. The number of hydrogen-bond donors (Lipinski definition) is 0. The molecule has 3 heterocycles. The van der Waals surface area contributed by atoms with Crippen LogP contribution in [0.1, 0.15) is 47.1 Å². The van der Waals surface area contributed by atoms with Gasteiger partial charge in [0.1, 0.15) is 5.65 Å². The van der Waals surface area contributed by atoms with Gasteiger partial charge in [0.2, 0.25) is 0 Å². The van der Waals surface area contributed by atoms with Gasteiger partial charge in [0, 0.05) is 24.3 Å². The van der Waals surface area contributed by atoms with Crippen LogP contribution in [0.5, 0.6) is 0 Å². The fourth-order valence-corrected chi connectivity index (χ4v) is 12.7. The van der Waals surface area contributed by atoms with E-state index in [0.717, 1.165) is 6.54 Å². The van der Waals surface area contributed by atoms with Crippen molar-refractivity contribution in [2.24, 2.45) is 0 Å². The molecule has 0 amide bonds. The van der Waals surface area contributed by atoms with Crippen LogP contribution < -0.4 is 0 Å². The molecule has 0 aromatic carbocycles. The van der Waals surface area contributed by atoms with Gasteiger partial charge in [-0.3, -0.25) is 0 Å². The molecule has 0 radical (unpaired) electrons. The second-order valence-electron chi connectivity index (χ2n) is 9.18. The van der Waals surface area contributed by atoms with Crippen molar-refractivity contribution in [1.29, 1.82) is 0 Å². The lowest BCUT2D eigenvalue weighted by Crippen LogP contribution is -2.51. The van der Waals surface area contributed by atoms with Crippen molar-refractivity contribution in [3.05, 3.63) is 40.8 Å². The third-order valence-corrected chi connectivity index (χ3v) is 13.7. The van der Waals surface area contributed by atoms with Crippen LogP contribution in [-0.4, -0.2) is 36.4 Å². The molecule has 3 rings (SSSR count). The zero-order valence-electron chi connectivity index (χ0n) is 18.7. The van der Waals surface area contributed by atoms with E-state index >= 15 is 0 Å². The molecule has 0 aliphatic heterocycles. The Kier molecular flexibility index (Phi) is 6.18. The van der Waals surface area contributed by atoms with Crippen LogP contribution in [0.2, 0.25) is 16.6 Å². The first kappa shape index (κ1) is 21.3. The first-order valence-corrected chi connectivity index (χ1v) is 13.5. The molecule has 0 aliphatic rings. The summed E-state index contributed by atoms with van der Waals surface area (Å²) in [5.74, 6) is 0. The Morgan fingerprint density at radius 1 is 1.04 bits per heavy atom. The largest absolute Gasteiger partial charge is 0.358 e. The van der Waals surface area contributed by atoms with E-state index in [1.165, 1.54) is 27.7 Å². The molecule has 3 aromatic heterocycles. The molecule has 28 heavy (non-hydrogen) atoms. The number of fused-ring (bicyclic) bond motifs is 1. The molecule has 3 nitrogen and oxygen atoms in total. The molecule has 0 unspecified atom stereocenters. The van der Waals surface area contributed by atoms with Crippen LogP contribution in [0.15, 0.2) is 35.3 Å². The average Bonchev–Trinajstić information content (AvgIpc) is 3.23. The van der Waals surface area contributed by atoms with E-state index < -0.39 is 8.24 Å². The monoisotopic (exact) mass is 413 g/mol. The summed E-state index contributed by atoms with van der Waals surface area (Å²) in [6.07, 6.45) is 4.46. The number of thiophene rings is 1. The lowest BCUT2D eigenvalue weighted by Gasteiger charge is -2.44. The minimum Gasteiger partial charge on any atom is -0.358 e. The van der Waals surface area contributed by atoms with Gasteiger partial charge in [-0.1, -0.05) is 41.5 Å². The quantitative estimate of drug-likeness (QED) is 0.395. The van der Waals surface area contributed by atoms with Gasteiger partial charge in [0.25, 0.3) is 0 Å². The molecule has 0 spiro atoms. The van der Waals surface area contributed by atoms with Crippen molar-refractivity contribution in [1.82, 2.24) is 14.1 Å². The molecule has 152 valence electrons. The van der Waals surface area contributed by atoms with E-state index in [0.29, 0.717) is 16.6 Å². The summed E-state index contributed by atoms with van der Waals surface area (Å²) in [6, 6.07) is 4.42. The molecule has 0 aliphatic carbocycles. The smallest absolute Gasteiger partial charge is 0.171 e. The summed E-state index contributed by atoms with van der Waals surface area (Å²) >= 11 is 1.76. The average molecular weight is 414 g/mol. The Labute approximate surface area is 175 Å². The summed E-state index contributed by atoms with van der Waals surface area (Å²) in [6.45, 7) is 15.5. The maximum Gasteiger partial charge on any atom is 0.171 e. The van der Waals surface area contributed by atoms with Gasteiger partial charge in [-0.2, -0.15) is 11.3 Å². The molecule has 0 bridgehead atoms. The van der Waals surface area contributed by atoms with E-state index in [1.807, 2.05) is 6.20 Å². The first-order valence-electron chi connectivity index (χ1n) is 10.4. The molecule has 5 heteroatoms. The van der Waals surface area contributed by atoms with Crippen molar-refractivity contribution in [2.75, 3.05) is 14.1 Å². The number of pyridine rings is 1. The highest BCUT2D eigenvalue weighted by Crippen LogP contribution is 2.45. The zero-order valence-corrected chi connectivity index (χ0v) is 20.5. The van der Waals surface area contributed by atoms with E-state index in [9.17, 15) is 0 Å². The topological polar surface area (TPSA) is 21.1 Å². The second-order valence-corrected chi connectivity index (χ2v) is 15.7. The molecule has 0 saturated carbocycles. The van der Waals surface area contributed by atoms with Crippen molar-refractivity contribution >= 4 is 30.6 Å². The van der Waals surface area contributed by atoms with Crippen LogP contribution >= 0.6 is 11.3 Å². The van der Waals surface area contributed by atoms with Crippen molar-refractivity contribution in [2.45, 2.75) is 64.7 Å². The van der Waals surface area contributed by atoms with Crippen LogP contribution in [0.4, 0.5) is 0 Å². The minimum absolute atomic E-state index is 0.641. The Hall–Kier alpha value is -1.43. The molecular weight excluding hydrogens is 378 g/mol. The summed E-state index contributed by atoms with van der Waals surface area (Å²) < 4.78 is 2.66. The Morgan fingerprint density at radius 2 is 1.68 bits per heavy atom. The fourth-order valence-electron chi connectivity index (χ4n) is 5.48. The SMILES string of the molecule is CC(C)[Si](C(C)C)(C(C)C)n1cc(CN(C)C)c2c(-c3ccsc3)ccnc21. The maximum absolute atomic E-state index is 4.98. The van der Waals surface area contributed by atoms with Gasteiger partial charge in [-0.25, -0.2) is 4.98 Å². The van der Waals surface area contributed by atoms with E-state index in [1.54, 1.807) is 11.3 Å². The highest BCUT2D eigenvalue weighted by atomic mass is 32.1. The highest BCUT2D eigenvalue weighted by molar-refractivity contribution is 7.08. The van der Waals surface area contributed by atoms with Gasteiger partial charge in [0.15, 0.2) is 8.24 Å². The first-order chi connectivity index (χ1) is 13.2. The van der Waals surface area contributed by atoms with Crippen LogP contribution in [0.3, 0.4) is 0 Å². The Morgan fingerprint density at radius 3 is 2.18 bits per heavy atom. The number of nitrogens with zero attached hydrogens (tertiary/aromatic N) is 3. The lowest BCUT2D eigenvalue weighted by atomic mass is 10.0. The highest BCUT2D eigenvalue weighted by Gasteiger charge is 2.46. The van der Waals surface area contributed by atoms with Gasteiger partial charge in [-0.15, -0.1) is 0 Å². The van der Waals surface area contributed by atoms with E-state index in [-0.39, 0.29) is 0 Å². The Bertz CT molecular complexity index is 901. The standard InChI is InChI=1S/C23H35N3SSi/c1-16(2)28(17(3)4,18(5)6)26-14-20(13-25(7)8)22-21(9-11-24-23(22)26)19-10-12-27-15-19/h9-12,14-18H,13H2,1-8H3. The third kappa shape index (κ3) is 3.38. The number of hydrogen-bond acceptors (Lipinski definition) is 3. The summed E-state index contributed by atoms with van der Waals surface area (Å²) in [5.41, 5.74) is 7.13. The zero-order chi connectivity index (χ0) is 20.6. The van der Waals surface area contributed by atoms with Gasteiger partial charge < -0.3 is 9.13 Å². The molecule has 0 atom stereocenters. The third-order valence-electron chi connectivity index (χ3n) is 6.28. The van der Waals surface area contributed by atoms with Crippen molar-refractivity contribution < 1.29 is 0 Å². The lowest BCUT2D eigenvalue weighted by molar-refractivity contribution is 0.404. The second kappa shape index (κ2) is 8.13. The summed E-state index contributed by atoms with van der Waals surface area (Å²) in [4.78, 5) is 7.25. The van der Waals surface area contributed by atoms with Crippen molar-refractivity contribution in [3.63, 3.8) is 0 Å². The van der Waals surface area contributed by atoms with Crippen molar-refractivity contribution in [3.8, 4) is 11.1 Å². The van der Waals surface area contributed by atoms with Crippen LogP contribution in [0.25, 0.3) is 22.2 Å². The van der Waals surface area contributed by atoms with E-state index in [2.05, 4.69) is 93.9 Å². The van der Waals surface area contributed by atoms with Gasteiger partial charge in [0.05, 0.1) is 0 Å². The fraction of sp³-hybridized carbons (Fsp3) is 0.522. The maximum atomic E-state index is 4.98. The van der Waals surface area contributed by atoms with Crippen LogP contribution in [0, 0.1) is 0 Å². The summed E-state index contributed by atoms with van der Waals surface area (Å²) in [7, 11) is 2.44. The summed E-state index contributed by atoms with van der Waals surface area (Å²) in [5, 5.41) is 5.76. The predicted octanol–water partition coefficient (Wildman–Crippen LogP) is 6.85. The van der Waals surface area contributed by atoms with E-state index in [4.69, 9.17) is 4.98 Å². The normalized spacial score (nSPS) is 13.0. The number of aromatic nitrogens is 2. The molecule has 3 aromatic rings. The minimum atomic E-state index is -1.87. The molecule has 0 fully saturated rings. The van der Waals surface area contributed by atoms with Crippen LogP contribution in [-0.2, 0) is 6.54 Å². The van der Waals surface area contributed by atoms with Gasteiger partial charge >= 0.3 is 0 Å². The number of rotatable bonds is 7. The molecule has 0 saturated heterocycles. The molecule has 0 N–H and O–H groups in total. The predicted molar refractivity (Wildman–Crippen MR) is 127 cm³/mol.